The van der Waals surface area contributed by atoms with Gasteiger partial charge in [0.15, 0.2) is 0 Å². The number of amides is 1. The minimum Gasteiger partial charge on any atom is -0.475 e. The lowest BCUT2D eigenvalue weighted by atomic mass is 10.1. The van der Waals surface area contributed by atoms with Crippen LogP contribution in [-0.2, 0) is 9.59 Å². The third-order valence-corrected chi connectivity index (χ3v) is 2.62. The van der Waals surface area contributed by atoms with Crippen LogP contribution in [0.4, 0.5) is 13.2 Å². The maximum Gasteiger partial charge on any atom is 0.490 e. The Hall–Kier alpha value is -1.31. The van der Waals surface area contributed by atoms with E-state index in [1.807, 2.05) is 0 Å². The Morgan fingerprint density at radius 1 is 0.857 bits per heavy atom. The molecule has 0 radical (unpaired) electrons. The Balaban J connectivity index is 0. The van der Waals surface area contributed by atoms with Gasteiger partial charge in [-0.05, 0) is 19.4 Å². The fraction of sp³-hybridized carbons (Fsp3) is 0.846. The molecule has 0 fully saturated rings. The molecule has 0 bridgehead atoms. The molecule has 0 aromatic heterocycles. The first kappa shape index (κ1) is 22.0. The zero-order chi connectivity index (χ0) is 16.7. The first-order valence-corrected chi connectivity index (χ1v) is 7.00. The minimum atomic E-state index is -5.08. The van der Waals surface area contributed by atoms with Gasteiger partial charge in [-0.3, -0.25) is 4.79 Å². The molecule has 0 aliphatic heterocycles. The first-order chi connectivity index (χ1) is 9.71. The fourth-order valence-corrected chi connectivity index (χ4v) is 1.50. The van der Waals surface area contributed by atoms with Crippen LogP contribution in [0.5, 0.6) is 0 Å². The van der Waals surface area contributed by atoms with Crippen molar-refractivity contribution >= 4 is 11.9 Å². The summed E-state index contributed by atoms with van der Waals surface area (Å²) in [5, 5.41) is 7.12. The van der Waals surface area contributed by atoms with E-state index >= 15 is 0 Å². The number of hydrogen-bond acceptors (Lipinski definition) is 3. The number of alkyl halides is 3. The Morgan fingerprint density at radius 3 is 1.48 bits per heavy atom. The molecular formula is C13H25F3N2O3. The molecule has 0 saturated heterocycles. The van der Waals surface area contributed by atoms with Crippen LogP contribution in [0.15, 0.2) is 0 Å². The van der Waals surface area contributed by atoms with Crippen molar-refractivity contribution in [3.05, 3.63) is 0 Å². The molecule has 126 valence electrons. The lowest BCUT2D eigenvalue weighted by molar-refractivity contribution is -0.192. The lowest BCUT2D eigenvalue weighted by Crippen LogP contribution is -2.21. The van der Waals surface area contributed by atoms with Gasteiger partial charge in [0.05, 0.1) is 0 Å². The van der Waals surface area contributed by atoms with Gasteiger partial charge < -0.3 is 16.6 Å². The standard InChI is InChI=1S/C11H24N2O.C2HF3O2/c12-10-8-6-4-2-1-3-5-7-9-11(13)14;3-2(4,5)1(6)7/h1-10,12H2,(H2,13,14);(H,6,7). The van der Waals surface area contributed by atoms with Gasteiger partial charge in [-0.25, -0.2) is 4.79 Å². The van der Waals surface area contributed by atoms with Gasteiger partial charge >= 0.3 is 12.1 Å². The first-order valence-electron chi connectivity index (χ1n) is 7.00. The third-order valence-electron chi connectivity index (χ3n) is 2.62. The molecule has 0 unspecified atom stereocenters. The number of carboxylic acid groups (broad SMARTS) is 1. The number of rotatable bonds is 10. The summed E-state index contributed by atoms with van der Waals surface area (Å²) < 4.78 is 31.7. The number of carboxylic acids is 1. The molecule has 0 atom stereocenters. The molecular weight excluding hydrogens is 289 g/mol. The van der Waals surface area contributed by atoms with Gasteiger partial charge in [-0.2, -0.15) is 13.2 Å². The highest BCUT2D eigenvalue weighted by Gasteiger charge is 2.38. The largest absolute Gasteiger partial charge is 0.490 e. The van der Waals surface area contributed by atoms with Gasteiger partial charge in [0.2, 0.25) is 5.91 Å². The molecule has 0 aliphatic rings. The van der Waals surface area contributed by atoms with Crippen LogP contribution in [-0.4, -0.2) is 29.7 Å². The van der Waals surface area contributed by atoms with Crippen LogP contribution in [0.25, 0.3) is 0 Å². The molecule has 1 amide bonds. The summed E-state index contributed by atoms with van der Waals surface area (Å²) in [7, 11) is 0. The number of carbonyl (C=O) groups is 2. The van der Waals surface area contributed by atoms with Crippen molar-refractivity contribution in [2.45, 2.75) is 64.0 Å². The van der Waals surface area contributed by atoms with Crippen LogP contribution < -0.4 is 11.5 Å². The normalized spacial score (nSPS) is 10.7. The molecule has 0 aromatic rings. The molecule has 0 aliphatic carbocycles. The second-order valence-corrected chi connectivity index (χ2v) is 4.64. The molecule has 0 heterocycles. The van der Waals surface area contributed by atoms with E-state index in [9.17, 15) is 18.0 Å². The molecule has 0 saturated carbocycles. The number of aliphatic carboxylic acids is 1. The smallest absolute Gasteiger partial charge is 0.475 e. The zero-order valence-corrected chi connectivity index (χ0v) is 12.1. The van der Waals surface area contributed by atoms with Gasteiger partial charge in [0.25, 0.3) is 0 Å². The quantitative estimate of drug-likeness (QED) is 0.539. The highest BCUT2D eigenvalue weighted by atomic mass is 19.4. The van der Waals surface area contributed by atoms with E-state index < -0.39 is 12.1 Å². The number of unbranched alkanes of at least 4 members (excludes halogenated alkanes) is 7. The molecule has 8 heteroatoms. The van der Waals surface area contributed by atoms with Gasteiger partial charge in [0.1, 0.15) is 0 Å². The summed E-state index contributed by atoms with van der Waals surface area (Å²) in [4.78, 5) is 19.3. The summed E-state index contributed by atoms with van der Waals surface area (Å²) in [6.45, 7) is 0.818. The molecule has 21 heavy (non-hydrogen) atoms. The summed E-state index contributed by atoms with van der Waals surface area (Å²) in [5.41, 5.74) is 10.4. The van der Waals surface area contributed by atoms with Crippen LogP contribution in [0.1, 0.15) is 57.8 Å². The van der Waals surface area contributed by atoms with Crippen molar-refractivity contribution < 1.29 is 27.9 Å². The van der Waals surface area contributed by atoms with Gasteiger partial charge in [0, 0.05) is 6.42 Å². The summed E-state index contributed by atoms with van der Waals surface area (Å²) in [5.74, 6) is -2.93. The molecule has 5 N–H and O–H groups in total. The summed E-state index contributed by atoms with van der Waals surface area (Å²) >= 11 is 0. The van der Waals surface area contributed by atoms with Crippen molar-refractivity contribution in [1.82, 2.24) is 0 Å². The predicted molar refractivity (Wildman–Crippen MR) is 73.5 cm³/mol. The molecule has 0 rings (SSSR count). The van der Waals surface area contributed by atoms with Crippen LogP contribution >= 0.6 is 0 Å². The number of hydrogen-bond donors (Lipinski definition) is 3. The van der Waals surface area contributed by atoms with Crippen molar-refractivity contribution in [2.75, 3.05) is 6.54 Å². The number of carbonyl (C=O) groups excluding carboxylic acids is 1. The van der Waals surface area contributed by atoms with E-state index in [2.05, 4.69) is 0 Å². The SMILES string of the molecule is NCCCCCCCCCCC(N)=O.O=C(O)C(F)(F)F. The Morgan fingerprint density at radius 2 is 1.19 bits per heavy atom. The maximum atomic E-state index is 10.6. The second-order valence-electron chi connectivity index (χ2n) is 4.64. The molecule has 0 spiro atoms. The Labute approximate surface area is 122 Å². The minimum absolute atomic E-state index is 0.173. The number of halogens is 3. The highest BCUT2D eigenvalue weighted by molar-refractivity contribution is 5.73. The van der Waals surface area contributed by atoms with E-state index in [-0.39, 0.29) is 5.91 Å². The fourth-order valence-electron chi connectivity index (χ4n) is 1.50. The van der Waals surface area contributed by atoms with E-state index in [0.29, 0.717) is 6.42 Å². The van der Waals surface area contributed by atoms with E-state index in [0.717, 1.165) is 25.8 Å². The van der Waals surface area contributed by atoms with Crippen molar-refractivity contribution in [1.29, 1.82) is 0 Å². The maximum absolute atomic E-state index is 10.6. The summed E-state index contributed by atoms with van der Waals surface area (Å²) in [6.07, 6.45) is 5.09. The van der Waals surface area contributed by atoms with Crippen molar-refractivity contribution in [2.24, 2.45) is 11.5 Å². The van der Waals surface area contributed by atoms with Crippen LogP contribution in [0.2, 0.25) is 0 Å². The average Bonchev–Trinajstić information content (AvgIpc) is 2.36. The molecule has 0 aromatic carbocycles. The van der Waals surface area contributed by atoms with E-state index in [1.54, 1.807) is 0 Å². The van der Waals surface area contributed by atoms with Crippen LogP contribution in [0.3, 0.4) is 0 Å². The highest BCUT2D eigenvalue weighted by Crippen LogP contribution is 2.13. The zero-order valence-electron chi connectivity index (χ0n) is 12.1. The number of nitrogens with two attached hydrogens (primary N) is 2. The van der Waals surface area contributed by atoms with Crippen molar-refractivity contribution in [3.8, 4) is 0 Å². The van der Waals surface area contributed by atoms with Gasteiger partial charge in [-0.1, -0.05) is 38.5 Å². The van der Waals surface area contributed by atoms with Crippen LogP contribution in [0, 0.1) is 0 Å². The second kappa shape index (κ2) is 13.7. The van der Waals surface area contributed by atoms with E-state index in [1.165, 1.54) is 32.1 Å². The number of primary amides is 1. The Kier molecular flexibility index (Phi) is 14.3. The monoisotopic (exact) mass is 314 g/mol. The Bertz CT molecular complexity index is 284. The van der Waals surface area contributed by atoms with Gasteiger partial charge in [-0.15, -0.1) is 0 Å². The lowest BCUT2D eigenvalue weighted by Gasteiger charge is -2.00. The molecule has 5 nitrogen and oxygen atoms in total. The predicted octanol–water partition coefficient (Wildman–Crippen LogP) is 2.57. The van der Waals surface area contributed by atoms with E-state index in [4.69, 9.17) is 21.4 Å². The summed E-state index contributed by atoms with van der Waals surface area (Å²) in [6, 6.07) is 0. The topological polar surface area (TPSA) is 106 Å². The van der Waals surface area contributed by atoms with Crippen molar-refractivity contribution in [3.63, 3.8) is 0 Å². The average molecular weight is 314 g/mol. The third kappa shape index (κ3) is 21.1.